The van der Waals surface area contributed by atoms with Gasteiger partial charge in [-0.25, -0.2) is 0 Å². The van der Waals surface area contributed by atoms with Crippen LogP contribution in [-0.4, -0.2) is 29.6 Å². The topological polar surface area (TPSA) is 59.0 Å². The van der Waals surface area contributed by atoms with Crippen LogP contribution in [0.3, 0.4) is 0 Å². The molecule has 1 saturated carbocycles. The molecule has 1 saturated heterocycles. The van der Waals surface area contributed by atoms with Crippen LogP contribution in [0, 0.1) is 36.0 Å². The molecule has 0 N–H and O–H groups in total. The van der Waals surface area contributed by atoms with Crippen molar-refractivity contribution in [2.24, 2.45) is 28.8 Å². The molecule has 4 atom stereocenters. The van der Waals surface area contributed by atoms with Gasteiger partial charge in [-0.3, -0.25) is 9.59 Å². The molecule has 0 radical (unpaired) electrons. The monoisotopic (exact) mass is 412 g/mol. The maximum Gasteiger partial charge on any atom is 0.254 e. The number of ether oxygens (including phenoxy) is 1. The lowest BCUT2D eigenvalue weighted by Gasteiger charge is -2.37. The van der Waals surface area contributed by atoms with Gasteiger partial charge < -0.3 is 4.74 Å². The van der Waals surface area contributed by atoms with Gasteiger partial charge in [0, 0.05) is 10.0 Å². The zero-order valence-corrected chi connectivity index (χ0v) is 15.6. The average Bonchev–Trinajstić information content (AvgIpc) is 2.93. The molecular weight excluding hydrogens is 396 g/mol. The number of imide groups is 1. The third kappa shape index (κ3) is 2.77. The molecule has 1 heterocycles. The Hall–Kier alpha value is -2.39. The third-order valence-electron chi connectivity index (χ3n) is 5.33. The highest BCUT2D eigenvalue weighted by atomic mass is 79.9. The lowest BCUT2D eigenvalue weighted by Crippen LogP contribution is -2.38. The predicted molar refractivity (Wildman–Crippen MR) is 100 cm³/mol. The number of hydrazone groups is 1. The Morgan fingerprint density at radius 1 is 1.23 bits per heavy atom. The Bertz CT molecular complexity index is 838. The van der Waals surface area contributed by atoms with E-state index in [0.29, 0.717) is 11.3 Å². The molecule has 4 unspecified atom stereocenters. The number of carbonyl (C=O) groups is 2. The van der Waals surface area contributed by atoms with E-state index < -0.39 is 0 Å². The van der Waals surface area contributed by atoms with Crippen LogP contribution in [0.1, 0.15) is 18.4 Å². The maximum atomic E-state index is 12.8. The van der Waals surface area contributed by atoms with E-state index in [0.717, 1.165) is 22.3 Å². The minimum atomic E-state index is -0.261. The summed E-state index contributed by atoms with van der Waals surface area (Å²) in [7, 11) is 0. The summed E-state index contributed by atoms with van der Waals surface area (Å²) in [4.78, 5) is 25.6. The van der Waals surface area contributed by atoms with Gasteiger partial charge in [-0.15, -0.1) is 6.42 Å². The average molecular weight is 413 g/mol. The smallest absolute Gasteiger partial charge is 0.254 e. The van der Waals surface area contributed by atoms with Crippen molar-refractivity contribution >= 4 is 34.0 Å². The molecule has 1 aliphatic heterocycles. The van der Waals surface area contributed by atoms with Crippen molar-refractivity contribution in [3.63, 3.8) is 0 Å². The van der Waals surface area contributed by atoms with Crippen LogP contribution in [-0.2, 0) is 9.59 Å². The van der Waals surface area contributed by atoms with Crippen LogP contribution >= 0.6 is 15.9 Å². The van der Waals surface area contributed by atoms with Crippen molar-refractivity contribution in [3.05, 3.63) is 40.4 Å². The normalized spacial score (nSPS) is 29.3. The van der Waals surface area contributed by atoms with Crippen LogP contribution in [0.25, 0.3) is 0 Å². The molecule has 0 spiro atoms. The van der Waals surface area contributed by atoms with E-state index in [9.17, 15) is 9.59 Å². The van der Waals surface area contributed by atoms with Gasteiger partial charge in [0.05, 0.1) is 18.1 Å². The van der Waals surface area contributed by atoms with Crippen molar-refractivity contribution in [2.75, 3.05) is 6.61 Å². The van der Waals surface area contributed by atoms with Gasteiger partial charge in [0.25, 0.3) is 11.8 Å². The third-order valence-corrected chi connectivity index (χ3v) is 5.82. The second kappa shape index (κ2) is 6.73. The summed E-state index contributed by atoms with van der Waals surface area (Å²) in [6, 6.07) is 5.40. The Morgan fingerprint density at radius 3 is 2.46 bits per heavy atom. The summed E-state index contributed by atoms with van der Waals surface area (Å²) in [6.07, 6.45) is 12.8. The first-order valence-corrected chi connectivity index (χ1v) is 9.35. The molecule has 0 aromatic heterocycles. The van der Waals surface area contributed by atoms with Crippen LogP contribution in [0.15, 0.2) is 39.9 Å². The molecule has 26 heavy (non-hydrogen) atoms. The van der Waals surface area contributed by atoms with Crippen LogP contribution < -0.4 is 4.74 Å². The highest BCUT2D eigenvalue weighted by Crippen LogP contribution is 2.49. The second-order valence-electron chi connectivity index (χ2n) is 6.75. The standard InChI is InChI=1S/C20H17BrN2O3/c1-2-9-26-16-8-7-15(21)10-14(16)11-22-23-19(24)17-12-3-4-13(6-5-12)18(17)20(23)25/h1,3-4,7-8,10-13,17-18H,5-6,9H2/b22-11+. The van der Waals surface area contributed by atoms with Crippen LogP contribution in [0.2, 0.25) is 0 Å². The van der Waals surface area contributed by atoms with Crippen molar-refractivity contribution in [3.8, 4) is 18.1 Å². The fraction of sp³-hybridized carbons (Fsp3) is 0.350. The quantitative estimate of drug-likeness (QED) is 0.330. The van der Waals surface area contributed by atoms with Crippen molar-refractivity contribution in [1.82, 2.24) is 5.01 Å². The Balaban J connectivity index is 1.60. The van der Waals surface area contributed by atoms with E-state index in [4.69, 9.17) is 11.2 Å². The number of fused-ring (bicyclic) bond motifs is 1. The van der Waals surface area contributed by atoms with E-state index in [1.165, 1.54) is 6.21 Å². The number of nitrogens with zero attached hydrogens (tertiary/aromatic N) is 2. The van der Waals surface area contributed by atoms with E-state index in [1.807, 2.05) is 6.07 Å². The van der Waals surface area contributed by atoms with Gasteiger partial charge in [-0.05, 0) is 42.9 Å². The van der Waals surface area contributed by atoms with Crippen LogP contribution in [0.4, 0.5) is 0 Å². The number of benzene rings is 1. The number of allylic oxidation sites excluding steroid dienone is 2. The number of carbonyl (C=O) groups excluding carboxylic acids is 2. The minimum Gasteiger partial charge on any atom is -0.480 e. The molecular formula is C20H17BrN2O3. The maximum absolute atomic E-state index is 12.8. The fourth-order valence-corrected chi connectivity index (χ4v) is 4.54. The molecule has 2 amide bonds. The molecule has 5 rings (SSSR count). The summed E-state index contributed by atoms with van der Waals surface area (Å²) in [5, 5.41) is 5.26. The highest BCUT2D eigenvalue weighted by molar-refractivity contribution is 9.10. The number of amides is 2. The summed E-state index contributed by atoms with van der Waals surface area (Å²) < 4.78 is 6.34. The van der Waals surface area contributed by atoms with Crippen LogP contribution in [0.5, 0.6) is 5.75 Å². The Kier molecular flexibility index (Phi) is 4.41. The van der Waals surface area contributed by atoms with Gasteiger partial charge in [0.2, 0.25) is 0 Å². The van der Waals surface area contributed by atoms with E-state index in [2.05, 4.69) is 39.1 Å². The zero-order chi connectivity index (χ0) is 18.3. The van der Waals surface area contributed by atoms with Gasteiger partial charge in [-0.2, -0.15) is 10.1 Å². The molecule has 1 aromatic rings. The number of halogens is 1. The number of rotatable bonds is 4. The number of hydrogen-bond donors (Lipinski definition) is 0. The first kappa shape index (κ1) is 17.0. The van der Waals surface area contributed by atoms with Crippen molar-refractivity contribution in [1.29, 1.82) is 0 Å². The number of terminal acetylenes is 1. The summed E-state index contributed by atoms with van der Waals surface area (Å²) >= 11 is 3.40. The Labute approximate surface area is 160 Å². The molecule has 1 aromatic carbocycles. The molecule has 5 nitrogen and oxygen atoms in total. The van der Waals surface area contributed by atoms with E-state index in [-0.39, 0.29) is 42.1 Å². The van der Waals surface area contributed by atoms with Gasteiger partial charge in [-0.1, -0.05) is 34.0 Å². The molecule has 2 bridgehead atoms. The first-order chi connectivity index (χ1) is 12.6. The molecule has 3 aliphatic carbocycles. The SMILES string of the molecule is C#CCOc1ccc(Br)cc1/C=N/N1C(=O)C2C3C=CC(CC3)C2C1=O. The van der Waals surface area contributed by atoms with Gasteiger partial charge in [0.1, 0.15) is 12.4 Å². The summed E-state index contributed by atoms with van der Waals surface area (Å²) in [6.45, 7) is 0.128. The molecule has 2 fully saturated rings. The molecule has 4 aliphatic rings. The first-order valence-electron chi connectivity index (χ1n) is 8.56. The predicted octanol–water partition coefficient (Wildman–Crippen LogP) is 2.99. The highest BCUT2D eigenvalue weighted by Gasteiger charge is 2.56. The van der Waals surface area contributed by atoms with Crippen molar-refractivity contribution in [2.45, 2.75) is 12.8 Å². The Morgan fingerprint density at radius 2 is 1.88 bits per heavy atom. The molecule has 6 heteroatoms. The molecule has 132 valence electrons. The second-order valence-corrected chi connectivity index (χ2v) is 7.66. The van der Waals surface area contributed by atoms with E-state index >= 15 is 0 Å². The fourth-order valence-electron chi connectivity index (χ4n) is 4.16. The van der Waals surface area contributed by atoms with Gasteiger partial charge in [0.15, 0.2) is 0 Å². The summed E-state index contributed by atoms with van der Waals surface area (Å²) in [5.41, 5.74) is 0.645. The minimum absolute atomic E-state index is 0.128. The summed E-state index contributed by atoms with van der Waals surface area (Å²) in [5.74, 6) is 2.36. The van der Waals surface area contributed by atoms with E-state index in [1.54, 1.807) is 12.1 Å². The lowest BCUT2D eigenvalue weighted by atomic mass is 9.63. The number of hydrogen-bond acceptors (Lipinski definition) is 4. The largest absolute Gasteiger partial charge is 0.480 e. The van der Waals surface area contributed by atoms with Crippen molar-refractivity contribution < 1.29 is 14.3 Å². The zero-order valence-electron chi connectivity index (χ0n) is 14.0. The lowest BCUT2D eigenvalue weighted by molar-refractivity contribution is -0.140. The van der Waals surface area contributed by atoms with Gasteiger partial charge >= 0.3 is 0 Å².